The molecular formula is C13H21BrO. The molecule has 2 aliphatic rings. The van der Waals surface area contributed by atoms with Gasteiger partial charge in [-0.3, -0.25) is 0 Å². The van der Waals surface area contributed by atoms with Crippen LogP contribution in [0, 0.1) is 11.3 Å². The zero-order valence-corrected chi connectivity index (χ0v) is 11.1. The molecule has 1 saturated carbocycles. The first kappa shape index (κ1) is 11.7. The Morgan fingerprint density at radius 2 is 2.27 bits per heavy atom. The molecular weight excluding hydrogens is 252 g/mol. The van der Waals surface area contributed by atoms with Gasteiger partial charge in [-0.25, -0.2) is 0 Å². The molecule has 0 radical (unpaired) electrons. The fourth-order valence-electron chi connectivity index (χ4n) is 3.37. The van der Waals surface area contributed by atoms with Crippen molar-refractivity contribution in [3.63, 3.8) is 0 Å². The van der Waals surface area contributed by atoms with Crippen molar-refractivity contribution < 1.29 is 4.74 Å². The summed E-state index contributed by atoms with van der Waals surface area (Å²) in [6.45, 7) is 0. The molecule has 2 aliphatic carbocycles. The van der Waals surface area contributed by atoms with Crippen LogP contribution < -0.4 is 0 Å². The van der Waals surface area contributed by atoms with E-state index in [1.807, 2.05) is 7.11 Å². The summed E-state index contributed by atoms with van der Waals surface area (Å²) in [7, 11) is 1.88. The van der Waals surface area contributed by atoms with Crippen LogP contribution in [0.5, 0.6) is 0 Å². The SMILES string of the molecule is COC1CCCC1C1(CBr)CC=CCC1. The van der Waals surface area contributed by atoms with Crippen molar-refractivity contribution in [3.8, 4) is 0 Å². The molecule has 0 aromatic rings. The van der Waals surface area contributed by atoms with Gasteiger partial charge in [0.25, 0.3) is 0 Å². The summed E-state index contributed by atoms with van der Waals surface area (Å²) in [6.07, 6.45) is 13.0. The predicted molar refractivity (Wildman–Crippen MR) is 67.4 cm³/mol. The fourth-order valence-corrected chi connectivity index (χ4v) is 4.30. The van der Waals surface area contributed by atoms with Crippen LogP contribution in [-0.4, -0.2) is 18.5 Å². The summed E-state index contributed by atoms with van der Waals surface area (Å²) in [5.74, 6) is 0.770. The molecule has 1 fully saturated rings. The number of alkyl halides is 1. The maximum absolute atomic E-state index is 5.66. The van der Waals surface area contributed by atoms with E-state index in [9.17, 15) is 0 Å². The van der Waals surface area contributed by atoms with Gasteiger partial charge in [-0.15, -0.1) is 0 Å². The van der Waals surface area contributed by atoms with Gasteiger partial charge < -0.3 is 4.74 Å². The molecule has 0 aliphatic heterocycles. The zero-order valence-electron chi connectivity index (χ0n) is 9.55. The summed E-state index contributed by atoms with van der Waals surface area (Å²) >= 11 is 3.75. The minimum Gasteiger partial charge on any atom is -0.381 e. The van der Waals surface area contributed by atoms with E-state index in [2.05, 4.69) is 28.1 Å². The molecule has 0 spiro atoms. The van der Waals surface area contributed by atoms with E-state index in [1.165, 1.54) is 38.5 Å². The van der Waals surface area contributed by atoms with Crippen molar-refractivity contribution in [3.05, 3.63) is 12.2 Å². The first-order valence-electron chi connectivity index (χ1n) is 6.06. The van der Waals surface area contributed by atoms with Crippen molar-refractivity contribution in [2.75, 3.05) is 12.4 Å². The first-order valence-corrected chi connectivity index (χ1v) is 7.18. The zero-order chi connectivity index (χ0) is 10.7. The Labute approximate surface area is 101 Å². The number of halogens is 1. The second-order valence-electron chi connectivity index (χ2n) is 5.02. The topological polar surface area (TPSA) is 9.23 Å². The van der Waals surface area contributed by atoms with Gasteiger partial charge in [0.05, 0.1) is 6.10 Å². The Balaban J connectivity index is 2.14. The number of rotatable bonds is 3. The molecule has 0 aromatic heterocycles. The number of hydrogen-bond acceptors (Lipinski definition) is 1. The Morgan fingerprint density at radius 3 is 2.87 bits per heavy atom. The van der Waals surface area contributed by atoms with Gasteiger partial charge in [0.1, 0.15) is 0 Å². The summed E-state index contributed by atoms with van der Waals surface area (Å²) in [5, 5.41) is 1.13. The van der Waals surface area contributed by atoms with Crippen LogP contribution >= 0.6 is 15.9 Å². The molecule has 3 atom stereocenters. The Kier molecular flexibility index (Phi) is 3.89. The largest absolute Gasteiger partial charge is 0.381 e. The monoisotopic (exact) mass is 272 g/mol. The number of methoxy groups -OCH3 is 1. The first-order chi connectivity index (χ1) is 7.32. The lowest BCUT2D eigenvalue weighted by molar-refractivity contribution is 0.0115. The standard InChI is InChI=1S/C13H21BrO/c1-15-12-7-5-6-11(12)13(10-14)8-3-2-4-9-13/h2-3,11-12H,4-10H2,1H3. The third-order valence-electron chi connectivity index (χ3n) is 4.31. The molecule has 2 heteroatoms. The smallest absolute Gasteiger partial charge is 0.0605 e. The molecule has 0 amide bonds. The Hall–Kier alpha value is 0.180. The van der Waals surface area contributed by atoms with Crippen molar-refractivity contribution in [2.45, 2.75) is 44.6 Å². The van der Waals surface area contributed by atoms with Crippen LogP contribution in [0.2, 0.25) is 0 Å². The molecule has 0 heterocycles. The molecule has 2 rings (SSSR count). The van der Waals surface area contributed by atoms with Crippen LogP contribution in [-0.2, 0) is 4.74 Å². The Morgan fingerprint density at radius 1 is 1.40 bits per heavy atom. The molecule has 15 heavy (non-hydrogen) atoms. The Bertz CT molecular complexity index is 239. The predicted octanol–water partition coefficient (Wildman–Crippen LogP) is 3.92. The average Bonchev–Trinajstić information content (AvgIpc) is 2.78. The lowest BCUT2D eigenvalue weighted by Gasteiger charge is -2.41. The van der Waals surface area contributed by atoms with Crippen LogP contribution in [0.15, 0.2) is 12.2 Å². The minimum absolute atomic E-state index is 0.478. The highest BCUT2D eigenvalue weighted by Crippen LogP contribution is 2.49. The third-order valence-corrected chi connectivity index (χ3v) is 5.42. The molecule has 0 aromatic carbocycles. The highest BCUT2D eigenvalue weighted by atomic mass is 79.9. The average molecular weight is 273 g/mol. The van der Waals surface area contributed by atoms with E-state index < -0.39 is 0 Å². The van der Waals surface area contributed by atoms with Gasteiger partial charge in [0, 0.05) is 12.4 Å². The van der Waals surface area contributed by atoms with Gasteiger partial charge in [-0.1, -0.05) is 34.5 Å². The molecule has 86 valence electrons. The molecule has 3 unspecified atom stereocenters. The van der Waals surface area contributed by atoms with E-state index in [4.69, 9.17) is 4.74 Å². The van der Waals surface area contributed by atoms with Gasteiger partial charge >= 0.3 is 0 Å². The fraction of sp³-hybridized carbons (Fsp3) is 0.846. The second kappa shape index (κ2) is 5.01. The summed E-state index contributed by atoms with van der Waals surface area (Å²) in [6, 6.07) is 0. The third kappa shape index (κ3) is 2.16. The van der Waals surface area contributed by atoms with E-state index in [0.717, 1.165) is 11.2 Å². The summed E-state index contributed by atoms with van der Waals surface area (Å²) < 4.78 is 5.66. The van der Waals surface area contributed by atoms with Crippen molar-refractivity contribution in [2.24, 2.45) is 11.3 Å². The summed E-state index contributed by atoms with van der Waals surface area (Å²) in [4.78, 5) is 0. The van der Waals surface area contributed by atoms with E-state index in [-0.39, 0.29) is 0 Å². The number of ether oxygens (including phenoxy) is 1. The van der Waals surface area contributed by atoms with Crippen molar-refractivity contribution in [1.29, 1.82) is 0 Å². The lowest BCUT2D eigenvalue weighted by Crippen LogP contribution is -2.38. The lowest BCUT2D eigenvalue weighted by atomic mass is 9.68. The highest BCUT2D eigenvalue weighted by molar-refractivity contribution is 9.09. The van der Waals surface area contributed by atoms with Crippen LogP contribution in [0.25, 0.3) is 0 Å². The van der Waals surface area contributed by atoms with Crippen LogP contribution in [0.1, 0.15) is 38.5 Å². The molecule has 0 N–H and O–H groups in total. The molecule has 1 nitrogen and oxygen atoms in total. The number of hydrogen-bond donors (Lipinski definition) is 0. The van der Waals surface area contributed by atoms with Gasteiger partial charge in [0.2, 0.25) is 0 Å². The second-order valence-corrected chi connectivity index (χ2v) is 5.58. The van der Waals surface area contributed by atoms with E-state index in [0.29, 0.717) is 11.5 Å². The van der Waals surface area contributed by atoms with Crippen molar-refractivity contribution >= 4 is 15.9 Å². The normalized spacial score (nSPS) is 40.9. The van der Waals surface area contributed by atoms with Crippen molar-refractivity contribution in [1.82, 2.24) is 0 Å². The van der Waals surface area contributed by atoms with Gasteiger partial charge in [0.15, 0.2) is 0 Å². The van der Waals surface area contributed by atoms with Crippen LogP contribution in [0.3, 0.4) is 0 Å². The highest BCUT2D eigenvalue weighted by Gasteiger charge is 2.44. The van der Waals surface area contributed by atoms with E-state index >= 15 is 0 Å². The van der Waals surface area contributed by atoms with E-state index in [1.54, 1.807) is 0 Å². The molecule has 0 saturated heterocycles. The van der Waals surface area contributed by atoms with Crippen LogP contribution in [0.4, 0.5) is 0 Å². The number of allylic oxidation sites excluding steroid dienone is 2. The van der Waals surface area contributed by atoms with Gasteiger partial charge in [-0.2, -0.15) is 0 Å². The summed E-state index contributed by atoms with van der Waals surface area (Å²) in [5.41, 5.74) is 0.478. The maximum atomic E-state index is 5.66. The maximum Gasteiger partial charge on any atom is 0.0605 e. The quantitative estimate of drug-likeness (QED) is 0.559. The molecule has 0 bridgehead atoms. The minimum atomic E-state index is 0.478. The van der Waals surface area contributed by atoms with Gasteiger partial charge in [-0.05, 0) is 43.4 Å².